The molecule has 1 saturated carbocycles. The summed E-state index contributed by atoms with van der Waals surface area (Å²) in [4.78, 5) is 2.69. The number of nitrogens with zero attached hydrogens (tertiary/aromatic N) is 1. The van der Waals surface area contributed by atoms with E-state index >= 15 is 0 Å². The number of hydrogen-bond donors (Lipinski definition) is 1. The van der Waals surface area contributed by atoms with Gasteiger partial charge >= 0.3 is 0 Å². The van der Waals surface area contributed by atoms with Crippen LogP contribution in [0.3, 0.4) is 0 Å². The van der Waals surface area contributed by atoms with E-state index in [0.717, 1.165) is 31.0 Å². The number of nitrogens with two attached hydrogens (primary N) is 1. The predicted octanol–water partition coefficient (Wildman–Crippen LogP) is 1.89. The molecule has 2 aliphatic heterocycles. The number of fused-ring (bicyclic) bond motifs is 1. The molecule has 1 aliphatic carbocycles. The van der Waals surface area contributed by atoms with E-state index in [9.17, 15) is 0 Å². The van der Waals surface area contributed by atoms with Crippen molar-refractivity contribution in [1.82, 2.24) is 4.90 Å². The third kappa shape index (κ3) is 3.19. The first-order chi connectivity index (χ1) is 8.33. The topological polar surface area (TPSA) is 38.5 Å². The Morgan fingerprint density at radius 2 is 1.83 bits per heavy atom. The Balaban J connectivity index is 0.00000120. The molecule has 0 aromatic heterocycles. The zero-order valence-corrected chi connectivity index (χ0v) is 12.0. The normalized spacial score (nSPS) is 38.2. The predicted molar refractivity (Wildman–Crippen MR) is 76.0 cm³/mol. The lowest BCUT2D eigenvalue weighted by molar-refractivity contribution is 0.0548. The highest BCUT2D eigenvalue weighted by molar-refractivity contribution is 5.85. The molecule has 0 amide bonds. The zero-order valence-electron chi connectivity index (χ0n) is 11.2. The van der Waals surface area contributed by atoms with Gasteiger partial charge in [-0.25, -0.2) is 0 Å². The Labute approximate surface area is 117 Å². The van der Waals surface area contributed by atoms with Crippen LogP contribution in [0.1, 0.15) is 32.1 Å². The van der Waals surface area contributed by atoms with Crippen molar-refractivity contribution in [2.75, 3.05) is 32.8 Å². The molecule has 0 aromatic rings. The van der Waals surface area contributed by atoms with Crippen molar-refractivity contribution in [3.63, 3.8) is 0 Å². The summed E-state index contributed by atoms with van der Waals surface area (Å²) >= 11 is 0. The summed E-state index contributed by atoms with van der Waals surface area (Å²) in [5.74, 6) is 2.57. The van der Waals surface area contributed by atoms with Crippen molar-refractivity contribution < 1.29 is 4.74 Å². The second-order valence-corrected chi connectivity index (χ2v) is 6.29. The first-order valence-corrected chi connectivity index (χ1v) is 7.38. The SMILES string of the molecule is Cl.NC1CCCC2CN(CC3CCOCC3)CC12. The molecule has 3 atom stereocenters. The largest absolute Gasteiger partial charge is 0.381 e. The van der Waals surface area contributed by atoms with E-state index in [0.29, 0.717) is 6.04 Å². The maximum Gasteiger partial charge on any atom is 0.0469 e. The molecule has 18 heavy (non-hydrogen) atoms. The van der Waals surface area contributed by atoms with E-state index in [4.69, 9.17) is 10.5 Å². The summed E-state index contributed by atoms with van der Waals surface area (Å²) in [5.41, 5.74) is 6.27. The van der Waals surface area contributed by atoms with Crippen LogP contribution in [0.5, 0.6) is 0 Å². The van der Waals surface area contributed by atoms with Gasteiger partial charge in [0.05, 0.1) is 0 Å². The molecule has 2 N–H and O–H groups in total. The van der Waals surface area contributed by atoms with Crippen LogP contribution in [-0.4, -0.2) is 43.8 Å². The van der Waals surface area contributed by atoms with E-state index in [1.54, 1.807) is 0 Å². The Bertz CT molecular complexity index is 258. The standard InChI is InChI=1S/C14H26N2O.ClH/c15-14-3-1-2-12-9-16(10-13(12)14)8-11-4-6-17-7-5-11;/h11-14H,1-10,15H2;1H. The zero-order chi connectivity index (χ0) is 11.7. The van der Waals surface area contributed by atoms with Gasteiger partial charge < -0.3 is 15.4 Å². The van der Waals surface area contributed by atoms with Gasteiger partial charge in [0.15, 0.2) is 0 Å². The molecule has 4 heteroatoms. The Morgan fingerprint density at radius 1 is 1.06 bits per heavy atom. The van der Waals surface area contributed by atoms with Crippen molar-refractivity contribution in [3.8, 4) is 0 Å². The van der Waals surface area contributed by atoms with Crippen LogP contribution >= 0.6 is 12.4 Å². The lowest BCUT2D eigenvalue weighted by Crippen LogP contribution is -2.38. The van der Waals surface area contributed by atoms with E-state index < -0.39 is 0 Å². The summed E-state index contributed by atoms with van der Waals surface area (Å²) in [6, 6.07) is 0.480. The molecule has 106 valence electrons. The maximum atomic E-state index is 6.27. The van der Waals surface area contributed by atoms with Crippen LogP contribution < -0.4 is 5.73 Å². The number of likely N-dealkylation sites (tertiary alicyclic amines) is 1. The highest BCUT2D eigenvalue weighted by Gasteiger charge is 2.39. The molecule has 3 fully saturated rings. The van der Waals surface area contributed by atoms with Gasteiger partial charge in [-0.3, -0.25) is 0 Å². The molecule has 3 rings (SSSR count). The summed E-state index contributed by atoms with van der Waals surface area (Å²) in [6.45, 7) is 5.83. The highest BCUT2D eigenvalue weighted by Crippen LogP contribution is 2.36. The Hall–Kier alpha value is 0.170. The third-order valence-electron chi connectivity index (χ3n) is 5.09. The molecule has 0 spiro atoms. The van der Waals surface area contributed by atoms with Gasteiger partial charge in [0, 0.05) is 38.9 Å². The first kappa shape index (κ1) is 14.6. The second-order valence-electron chi connectivity index (χ2n) is 6.29. The molecule has 2 heterocycles. The highest BCUT2D eigenvalue weighted by atomic mass is 35.5. The van der Waals surface area contributed by atoms with Crippen LogP contribution in [0.4, 0.5) is 0 Å². The van der Waals surface area contributed by atoms with Gasteiger partial charge in [-0.05, 0) is 43.4 Å². The first-order valence-electron chi connectivity index (χ1n) is 7.38. The summed E-state index contributed by atoms with van der Waals surface area (Å²) < 4.78 is 5.44. The summed E-state index contributed by atoms with van der Waals surface area (Å²) in [7, 11) is 0. The van der Waals surface area contributed by atoms with Gasteiger partial charge in [0.2, 0.25) is 0 Å². The van der Waals surface area contributed by atoms with Crippen molar-refractivity contribution >= 4 is 12.4 Å². The van der Waals surface area contributed by atoms with Gasteiger partial charge in [0.25, 0.3) is 0 Å². The van der Waals surface area contributed by atoms with Gasteiger partial charge in [-0.1, -0.05) is 6.42 Å². The maximum absolute atomic E-state index is 6.27. The molecule has 0 radical (unpaired) electrons. The lowest BCUT2D eigenvalue weighted by atomic mass is 9.78. The van der Waals surface area contributed by atoms with E-state index in [2.05, 4.69) is 4.90 Å². The Kier molecular flexibility index (Phi) is 5.31. The van der Waals surface area contributed by atoms with Gasteiger partial charge in [-0.15, -0.1) is 12.4 Å². The van der Waals surface area contributed by atoms with Gasteiger partial charge in [0.1, 0.15) is 0 Å². The molecule has 3 nitrogen and oxygen atoms in total. The average Bonchev–Trinajstić information content (AvgIpc) is 2.74. The fraction of sp³-hybridized carbons (Fsp3) is 1.00. The van der Waals surface area contributed by atoms with Crippen LogP contribution in [0.25, 0.3) is 0 Å². The van der Waals surface area contributed by atoms with E-state index in [1.165, 1.54) is 51.7 Å². The van der Waals surface area contributed by atoms with Crippen molar-refractivity contribution in [3.05, 3.63) is 0 Å². The number of rotatable bonds is 2. The van der Waals surface area contributed by atoms with E-state index in [-0.39, 0.29) is 12.4 Å². The van der Waals surface area contributed by atoms with Crippen molar-refractivity contribution in [1.29, 1.82) is 0 Å². The molecule has 0 aromatic carbocycles. The van der Waals surface area contributed by atoms with Crippen LogP contribution in [0.2, 0.25) is 0 Å². The molecule has 2 saturated heterocycles. The van der Waals surface area contributed by atoms with Crippen LogP contribution in [0, 0.1) is 17.8 Å². The van der Waals surface area contributed by atoms with Crippen molar-refractivity contribution in [2.45, 2.75) is 38.1 Å². The molecular formula is C14H27ClN2O. The third-order valence-corrected chi connectivity index (χ3v) is 5.09. The number of halogens is 1. The Morgan fingerprint density at radius 3 is 2.56 bits per heavy atom. The van der Waals surface area contributed by atoms with Crippen LogP contribution in [0.15, 0.2) is 0 Å². The lowest BCUT2D eigenvalue weighted by Gasteiger charge is -2.30. The summed E-state index contributed by atoms with van der Waals surface area (Å²) in [5, 5.41) is 0. The summed E-state index contributed by atoms with van der Waals surface area (Å²) in [6.07, 6.45) is 6.55. The van der Waals surface area contributed by atoms with Gasteiger partial charge in [-0.2, -0.15) is 0 Å². The average molecular weight is 275 g/mol. The molecule has 0 bridgehead atoms. The second kappa shape index (κ2) is 6.56. The molecule has 3 aliphatic rings. The number of hydrogen-bond acceptors (Lipinski definition) is 3. The van der Waals surface area contributed by atoms with Crippen molar-refractivity contribution in [2.24, 2.45) is 23.5 Å². The minimum Gasteiger partial charge on any atom is -0.381 e. The smallest absolute Gasteiger partial charge is 0.0469 e. The molecule has 3 unspecified atom stereocenters. The fourth-order valence-electron chi connectivity index (χ4n) is 4.05. The quantitative estimate of drug-likeness (QED) is 0.836. The number of ether oxygens (including phenoxy) is 1. The fourth-order valence-corrected chi connectivity index (χ4v) is 4.05. The monoisotopic (exact) mass is 274 g/mol. The minimum atomic E-state index is 0. The minimum absolute atomic E-state index is 0. The molecular weight excluding hydrogens is 248 g/mol. The van der Waals surface area contributed by atoms with E-state index in [1.807, 2.05) is 0 Å². The van der Waals surface area contributed by atoms with Crippen LogP contribution in [-0.2, 0) is 4.74 Å².